The van der Waals surface area contributed by atoms with Crippen LogP contribution in [0, 0.1) is 19.7 Å². The molecule has 2 aromatic rings. The summed E-state index contributed by atoms with van der Waals surface area (Å²) in [7, 11) is 0. The second-order valence-electron chi connectivity index (χ2n) is 6.45. The summed E-state index contributed by atoms with van der Waals surface area (Å²) in [5.41, 5.74) is -0.0797. The van der Waals surface area contributed by atoms with E-state index in [0.717, 1.165) is 6.07 Å². The topological polar surface area (TPSA) is 49.3 Å². The number of anilines is 1. The van der Waals surface area contributed by atoms with Gasteiger partial charge in [-0.15, -0.1) is 0 Å². The second kappa shape index (κ2) is 7.13. The Labute approximate surface area is 153 Å². The van der Waals surface area contributed by atoms with Crippen LogP contribution in [-0.2, 0) is 6.18 Å². The maximum Gasteiger partial charge on any atom is 0.433 e. The Bertz CT molecular complexity index is 861. The van der Waals surface area contributed by atoms with Crippen molar-refractivity contribution < 1.29 is 22.4 Å². The molecule has 27 heavy (non-hydrogen) atoms. The van der Waals surface area contributed by atoms with Gasteiger partial charge in [0.1, 0.15) is 11.5 Å². The molecule has 5 nitrogen and oxygen atoms in total. The van der Waals surface area contributed by atoms with E-state index in [1.165, 1.54) is 24.0 Å². The fourth-order valence-electron chi connectivity index (χ4n) is 2.91. The lowest BCUT2D eigenvalue weighted by molar-refractivity contribution is -0.141. The van der Waals surface area contributed by atoms with E-state index in [-0.39, 0.29) is 43.4 Å². The molecule has 0 saturated carbocycles. The minimum Gasteiger partial charge on any atom is -0.337 e. The van der Waals surface area contributed by atoms with Crippen molar-refractivity contribution in [2.75, 3.05) is 31.1 Å². The molecule has 0 spiro atoms. The summed E-state index contributed by atoms with van der Waals surface area (Å²) in [5, 5.41) is 0. The number of rotatable bonds is 2. The van der Waals surface area contributed by atoms with Crippen LogP contribution < -0.4 is 4.90 Å². The van der Waals surface area contributed by atoms with Crippen molar-refractivity contribution >= 4 is 11.9 Å². The number of nitrogens with zero attached hydrogens (tertiary/aromatic N) is 4. The lowest BCUT2D eigenvalue weighted by atomic mass is 10.1. The van der Waals surface area contributed by atoms with Crippen LogP contribution in [0.25, 0.3) is 0 Å². The van der Waals surface area contributed by atoms with Crippen molar-refractivity contribution in [2.45, 2.75) is 20.0 Å². The van der Waals surface area contributed by atoms with Crippen LogP contribution in [0.15, 0.2) is 24.3 Å². The lowest BCUT2D eigenvalue weighted by Gasteiger charge is -2.35. The maximum absolute atomic E-state index is 14.0. The minimum absolute atomic E-state index is 0.0137. The minimum atomic E-state index is -4.55. The van der Waals surface area contributed by atoms with Gasteiger partial charge in [0.2, 0.25) is 5.95 Å². The third-order valence-corrected chi connectivity index (χ3v) is 4.34. The van der Waals surface area contributed by atoms with Gasteiger partial charge in [0.15, 0.2) is 0 Å². The van der Waals surface area contributed by atoms with E-state index in [1.54, 1.807) is 17.9 Å². The first-order valence-corrected chi connectivity index (χ1v) is 8.38. The van der Waals surface area contributed by atoms with E-state index in [4.69, 9.17) is 0 Å². The molecule has 0 bridgehead atoms. The average Bonchev–Trinajstić information content (AvgIpc) is 2.60. The van der Waals surface area contributed by atoms with Crippen LogP contribution in [0.1, 0.15) is 27.3 Å². The van der Waals surface area contributed by atoms with Crippen LogP contribution in [0.5, 0.6) is 0 Å². The zero-order valence-corrected chi connectivity index (χ0v) is 14.8. The fraction of sp³-hybridized carbons (Fsp3) is 0.389. The number of piperazine rings is 1. The summed E-state index contributed by atoms with van der Waals surface area (Å²) in [6.45, 7) is 4.21. The van der Waals surface area contributed by atoms with Crippen molar-refractivity contribution in [2.24, 2.45) is 0 Å². The van der Waals surface area contributed by atoms with Crippen molar-refractivity contribution in [3.05, 3.63) is 52.6 Å². The van der Waals surface area contributed by atoms with Crippen LogP contribution in [-0.4, -0.2) is 47.0 Å². The van der Waals surface area contributed by atoms with Crippen LogP contribution in [0.3, 0.4) is 0 Å². The molecule has 1 aliphatic rings. The van der Waals surface area contributed by atoms with E-state index in [1.807, 2.05) is 0 Å². The van der Waals surface area contributed by atoms with Crippen molar-refractivity contribution in [3.63, 3.8) is 0 Å². The predicted octanol–water partition coefficient (Wildman–Crippen LogP) is 3.21. The van der Waals surface area contributed by atoms with Gasteiger partial charge in [-0.3, -0.25) is 4.79 Å². The van der Waals surface area contributed by atoms with Crippen LogP contribution >= 0.6 is 0 Å². The van der Waals surface area contributed by atoms with E-state index in [2.05, 4.69) is 9.97 Å². The summed E-state index contributed by atoms with van der Waals surface area (Å²) in [4.78, 5) is 23.3. The quantitative estimate of drug-likeness (QED) is 0.749. The number of hydrogen-bond donors (Lipinski definition) is 0. The monoisotopic (exact) mass is 382 g/mol. The first-order valence-electron chi connectivity index (χ1n) is 8.38. The van der Waals surface area contributed by atoms with Gasteiger partial charge in [-0.05, 0) is 37.6 Å². The van der Waals surface area contributed by atoms with Gasteiger partial charge in [0, 0.05) is 31.9 Å². The van der Waals surface area contributed by atoms with Crippen molar-refractivity contribution in [1.29, 1.82) is 0 Å². The van der Waals surface area contributed by atoms with Gasteiger partial charge < -0.3 is 9.80 Å². The number of hydrogen-bond acceptors (Lipinski definition) is 4. The molecular weight excluding hydrogens is 364 g/mol. The molecule has 3 rings (SSSR count). The number of halogens is 4. The van der Waals surface area contributed by atoms with E-state index in [0.29, 0.717) is 5.56 Å². The third-order valence-electron chi connectivity index (χ3n) is 4.34. The highest BCUT2D eigenvalue weighted by Gasteiger charge is 2.34. The Balaban J connectivity index is 1.72. The molecule has 1 amide bonds. The van der Waals surface area contributed by atoms with Gasteiger partial charge in [-0.25, -0.2) is 14.4 Å². The molecule has 0 aliphatic carbocycles. The van der Waals surface area contributed by atoms with Crippen LogP contribution in [0.2, 0.25) is 0 Å². The first kappa shape index (κ1) is 19.1. The molecule has 0 radical (unpaired) electrons. The standard InChI is InChI=1S/C18H18F4N4O/c1-11-3-4-13(14(19)9-11)16(27)25-5-7-26(8-6-25)17-23-12(2)10-15(24-17)18(20,21)22/h3-4,9-10H,5-8H2,1-2H3. The van der Waals surface area contributed by atoms with Gasteiger partial charge in [-0.1, -0.05) is 6.07 Å². The van der Waals surface area contributed by atoms with Crippen molar-refractivity contribution in [1.82, 2.24) is 14.9 Å². The normalized spacial score (nSPS) is 15.2. The Morgan fingerprint density at radius 3 is 2.30 bits per heavy atom. The number of alkyl halides is 3. The Morgan fingerprint density at radius 2 is 1.70 bits per heavy atom. The van der Waals surface area contributed by atoms with Gasteiger partial charge in [0.05, 0.1) is 5.56 Å². The smallest absolute Gasteiger partial charge is 0.337 e. The molecule has 0 unspecified atom stereocenters. The molecule has 2 heterocycles. The molecule has 0 N–H and O–H groups in total. The van der Waals surface area contributed by atoms with Gasteiger partial charge in [0.25, 0.3) is 5.91 Å². The molecule has 1 fully saturated rings. The average molecular weight is 382 g/mol. The summed E-state index contributed by atoms with van der Waals surface area (Å²) < 4.78 is 52.8. The molecule has 1 saturated heterocycles. The van der Waals surface area contributed by atoms with Gasteiger partial charge >= 0.3 is 6.18 Å². The number of aromatic nitrogens is 2. The molecule has 0 atom stereocenters. The molecule has 1 aromatic heterocycles. The highest BCUT2D eigenvalue weighted by Crippen LogP contribution is 2.29. The molecular formula is C18H18F4N4O. The molecule has 9 heteroatoms. The summed E-state index contributed by atoms with van der Waals surface area (Å²) >= 11 is 0. The van der Waals surface area contributed by atoms with Gasteiger partial charge in [-0.2, -0.15) is 13.2 Å². The molecule has 1 aliphatic heterocycles. The first-order chi connectivity index (χ1) is 12.6. The van der Waals surface area contributed by atoms with E-state index in [9.17, 15) is 22.4 Å². The number of benzene rings is 1. The maximum atomic E-state index is 14.0. The number of carbonyl (C=O) groups excluding carboxylic acids is 1. The van der Waals surface area contributed by atoms with Crippen molar-refractivity contribution in [3.8, 4) is 0 Å². The summed E-state index contributed by atoms with van der Waals surface area (Å²) in [6.07, 6.45) is -4.55. The number of amides is 1. The third kappa shape index (κ3) is 4.17. The number of aryl methyl sites for hydroxylation is 2. The number of carbonyl (C=O) groups is 1. The largest absolute Gasteiger partial charge is 0.433 e. The fourth-order valence-corrected chi connectivity index (χ4v) is 2.91. The molecule has 1 aromatic carbocycles. The lowest BCUT2D eigenvalue weighted by Crippen LogP contribution is -2.49. The predicted molar refractivity (Wildman–Crippen MR) is 91.0 cm³/mol. The van der Waals surface area contributed by atoms with E-state index >= 15 is 0 Å². The Morgan fingerprint density at radius 1 is 1.04 bits per heavy atom. The molecule has 144 valence electrons. The summed E-state index contributed by atoms with van der Waals surface area (Å²) in [5.74, 6) is -1.04. The SMILES string of the molecule is Cc1ccc(C(=O)N2CCN(c3nc(C)cc(C(F)(F)F)n3)CC2)c(F)c1. The Kier molecular flexibility index (Phi) is 5.03. The zero-order chi connectivity index (χ0) is 19.8. The highest BCUT2D eigenvalue weighted by molar-refractivity contribution is 5.94. The van der Waals surface area contributed by atoms with E-state index < -0.39 is 23.6 Å². The second-order valence-corrected chi connectivity index (χ2v) is 6.45. The highest BCUT2D eigenvalue weighted by atomic mass is 19.4. The Hall–Kier alpha value is -2.71. The van der Waals surface area contributed by atoms with Crippen LogP contribution in [0.4, 0.5) is 23.5 Å². The zero-order valence-electron chi connectivity index (χ0n) is 14.8. The summed E-state index contributed by atoms with van der Waals surface area (Å²) in [6, 6.07) is 5.29.